The van der Waals surface area contributed by atoms with Gasteiger partial charge in [-0.05, 0) is 28.1 Å². The van der Waals surface area contributed by atoms with Crippen LogP contribution < -0.4 is 5.32 Å². The number of carbonyl (C=O) groups excluding carboxylic acids is 1. The highest BCUT2D eigenvalue weighted by atomic mass is 79.9. The smallest absolute Gasteiger partial charge is 0.246 e. The molecule has 0 aliphatic heterocycles. The third-order valence-corrected chi connectivity index (χ3v) is 2.44. The van der Waals surface area contributed by atoms with Crippen LogP contribution in [0.4, 0.5) is 5.69 Å². The van der Waals surface area contributed by atoms with Gasteiger partial charge < -0.3 is 5.32 Å². The molecule has 82 valence electrons. The highest BCUT2D eigenvalue weighted by molar-refractivity contribution is 9.10. The third-order valence-electron chi connectivity index (χ3n) is 1.81. The molecule has 1 N–H and O–H groups in total. The lowest BCUT2D eigenvalue weighted by Crippen LogP contribution is -2.19. The Hall–Kier alpha value is -1.76. The number of amides is 1. The van der Waals surface area contributed by atoms with Crippen molar-refractivity contribution in [2.45, 2.75) is 6.54 Å². The first-order valence-corrected chi connectivity index (χ1v) is 5.29. The van der Waals surface area contributed by atoms with Gasteiger partial charge in [-0.3, -0.25) is 4.79 Å². The Kier molecular flexibility index (Phi) is 3.25. The van der Waals surface area contributed by atoms with Crippen LogP contribution in [-0.2, 0) is 11.3 Å². The van der Waals surface area contributed by atoms with Crippen molar-refractivity contribution in [2.75, 3.05) is 5.32 Å². The zero-order valence-electron chi connectivity index (χ0n) is 8.17. The van der Waals surface area contributed by atoms with Crippen LogP contribution in [0.3, 0.4) is 0 Å². The van der Waals surface area contributed by atoms with Crippen LogP contribution >= 0.6 is 15.9 Å². The highest BCUT2D eigenvalue weighted by Crippen LogP contribution is 2.17. The number of aromatic nitrogens is 4. The molecule has 1 amide bonds. The van der Waals surface area contributed by atoms with E-state index in [9.17, 15) is 4.79 Å². The van der Waals surface area contributed by atoms with Crippen LogP contribution in [0, 0.1) is 0 Å². The Labute approximate surface area is 99.8 Å². The van der Waals surface area contributed by atoms with Crippen molar-refractivity contribution in [3.05, 3.63) is 35.3 Å². The fourth-order valence-electron chi connectivity index (χ4n) is 1.13. The minimum absolute atomic E-state index is 0.126. The molecule has 0 aliphatic carbocycles. The summed E-state index contributed by atoms with van der Waals surface area (Å²) in [6, 6.07) is 3.51. The predicted octanol–water partition coefficient (Wildman–Crippen LogP) is 1.07. The third kappa shape index (κ3) is 2.63. The predicted molar refractivity (Wildman–Crippen MR) is 60.6 cm³/mol. The van der Waals surface area contributed by atoms with E-state index >= 15 is 0 Å². The van der Waals surface area contributed by atoms with Gasteiger partial charge in [0, 0.05) is 12.4 Å². The van der Waals surface area contributed by atoms with E-state index in [0.29, 0.717) is 10.3 Å². The molecule has 16 heavy (non-hydrogen) atoms. The van der Waals surface area contributed by atoms with E-state index in [1.165, 1.54) is 10.9 Å². The van der Waals surface area contributed by atoms with E-state index < -0.39 is 0 Å². The molecule has 0 atom stereocenters. The van der Waals surface area contributed by atoms with E-state index in [4.69, 9.17) is 0 Å². The van der Waals surface area contributed by atoms with Crippen molar-refractivity contribution in [3.8, 4) is 0 Å². The molecule has 0 unspecified atom stereocenters. The second kappa shape index (κ2) is 4.84. The molecule has 2 rings (SSSR count). The quantitative estimate of drug-likeness (QED) is 0.855. The maximum atomic E-state index is 11.6. The first-order valence-electron chi connectivity index (χ1n) is 4.50. The molecule has 0 aliphatic rings. The molecular weight excluding hydrogens is 274 g/mol. The average Bonchev–Trinajstić information content (AvgIpc) is 2.74. The van der Waals surface area contributed by atoms with Gasteiger partial charge in [-0.2, -0.15) is 0 Å². The van der Waals surface area contributed by atoms with Gasteiger partial charge in [0.15, 0.2) is 0 Å². The molecule has 2 aromatic rings. The summed E-state index contributed by atoms with van der Waals surface area (Å²) < 4.78 is 2.04. The van der Waals surface area contributed by atoms with Gasteiger partial charge in [-0.25, -0.2) is 9.67 Å². The summed E-state index contributed by atoms with van der Waals surface area (Å²) in [6.07, 6.45) is 4.78. The molecule has 0 bridgehead atoms. The van der Waals surface area contributed by atoms with Gasteiger partial charge in [0.1, 0.15) is 11.1 Å². The zero-order chi connectivity index (χ0) is 11.4. The number of anilines is 1. The minimum Gasteiger partial charge on any atom is -0.322 e. The average molecular weight is 282 g/mol. The molecular formula is C9H8BrN5O. The van der Waals surface area contributed by atoms with Gasteiger partial charge in [0.2, 0.25) is 5.91 Å². The van der Waals surface area contributed by atoms with E-state index in [1.54, 1.807) is 24.5 Å². The van der Waals surface area contributed by atoms with Crippen LogP contribution in [0.5, 0.6) is 0 Å². The van der Waals surface area contributed by atoms with E-state index in [0.717, 1.165) is 0 Å². The molecule has 0 aromatic carbocycles. The molecule has 2 heterocycles. The van der Waals surface area contributed by atoms with Crippen LogP contribution in [0.2, 0.25) is 0 Å². The van der Waals surface area contributed by atoms with Crippen molar-refractivity contribution >= 4 is 27.5 Å². The van der Waals surface area contributed by atoms with E-state index in [1.807, 2.05) is 0 Å². The number of halogens is 1. The number of pyridine rings is 1. The van der Waals surface area contributed by atoms with Crippen LogP contribution in [-0.4, -0.2) is 25.9 Å². The largest absolute Gasteiger partial charge is 0.322 e. The van der Waals surface area contributed by atoms with Crippen molar-refractivity contribution < 1.29 is 4.79 Å². The minimum atomic E-state index is -0.181. The molecule has 7 heteroatoms. The van der Waals surface area contributed by atoms with E-state index in [2.05, 4.69) is 36.5 Å². The van der Waals surface area contributed by atoms with Crippen molar-refractivity contribution in [1.82, 2.24) is 20.0 Å². The Morgan fingerprint density at radius 2 is 2.38 bits per heavy atom. The van der Waals surface area contributed by atoms with Gasteiger partial charge in [-0.15, -0.1) is 5.10 Å². The van der Waals surface area contributed by atoms with Crippen molar-refractivity contribution in [2.24, 2.45) is 0 Å². The molecule has 0 fully saturated rings. The Bertz CT molecular complexity index is 484. The topological polar surface area (TPSA) is 72.7 Å². The van der Waals surface area contributed by atoms with Gasteiger partial charge in [0.25, 0.3) is 0 Å². The molecule has 2 aromatic heterocycles. The second-order valence-corrected chi connectivity index (χ2v) is 3.74. The van der Waals surface area contributed by atoms with Gasteiger partial charge in [-0.1, -0.05) is 5.21 Å². The number of hydrogen-bond acceptors (Lipinski definition) is 4. The standard InChI is InChI=1S/C9H8BrN5O/c10-9-7(2-1-3-11-9)13-8(16)6-15-5-4-12-14-15/h1-5H,6H2,(H,13,16). The van der Waals surface area contributed by atoms with Crippen LogP contribution in [0.15, 0.2) is 35.3 Å². The lowest BCUT2D eigenvalue weighted by atomic mass is 10.4. The fourth-order valence-corrected chi connectivity index (χ4v) is 1.48. The molecule has 0 radical (unpaired) electrons. The molecule has 0 spiro atoms. The summed E-state index contributed by atoms with van der Waals surface area (Å²) in [7, 11) is 0. The normalized spacial score (nSPS) is 10.1. The Balaban J connectivity index is 2.00. The maximum Gasteiger partial charge on any atom is 0.246 e. The number of rotatable bonds is 3. The zero-order valence-corrected chi connectivity index (χ0v) is 9.75. The first-order chi connectivity index (χ1) is 7.75. The summed E-state index contributed by atoms with van der Waals surface area (Å²) >= 11 is 3.24. The summed E-state index contributed by atoms with van der Waals surface area (Å²) in [6.45, 7) is 0.126. The monoisotopic (exact) mass is 281 g/mol. The lowest BCUT2D eigenvalue weighted by molar-refractivity contribution is -0.116. The van der Waals surface area contributed by atoms with Crippen molar-refractivity contribution in [3.63, 3.8) is 0 Å². The summed E-state index contributed by atoms with van der Waals surface area (Å²) in [4.78, 5) is 15.6. The Morgan fingerprint density at radius 1 is 1.50 bits per heavy atom. The fraction of sp³-hybridized carbons (Fsp3) is 0.111. The first kappa shape index (κ1) is 10.7. The van der Waals surface area contributed by atoms with Crippen LogP contribution in [0.25, 0.3) is 0 Å². The SMILES string of the molecule is O=C(Cn1ccnn1)Nc1cccnc1Br. The number of hydrogen-bond donors (Lipinski definition) is 1. The van der Waals surface area contributed by atoms with Crippen molar-refractivity contribution in [1.29, 1.82) is 0 Å². The number of nitrogens with zero attached hydrogens (tertiary/aromatic N) is 4. The van der Waals surface area contributed by atoms with Crippen LogP contribution in [0.1, 0.15) is 0 Å². The number of nitrogens with one attached hydrogen (secondary N) is 1. The highest BCUT2D eigenvalue weighted by Gasteiger charge is 2.06. The summed E-state index contributed by atoms with van der Waals surface area (Å²) in [5.74, 6) is -0.181. The maximum absolute atomic E-state index is 11.6. The number of carbonyl (C=O) groups is 1. The molecule has 0 saturated heterocycles. The van der Waals surface area contributed by atoms with Gasteiger partial charge >= 0.3 is 0 Å². The molecule has 0 saturated carbocycles. The second-order valence-electron chi connectivity index (χ2n) is 2.99. The summed E-state index contributed by atoms with van der Waals surface area (Å²) in [5, 5.41) is 10.0. The van der Waals surface area contributed by atoms with Gasteiger partial charge in [0.05, 0.1) is 11.9 Å². The molecule has 6 nitrogen and oxygen atoms in total. The lowest BCUT2D eigenvalue weighted by Gasteiger charge is -2.05. The van der Waals surface area contributed by atoms with E-state index in [-0.39, 0.29) is 12.5 Å². The summed E-state index contributed by atoms with van der Waals surface area (Å²) in [5.41, 5.74) is 0.632. The Morgan fingerprint density at radius 3 is 3.06 bits per heavy atom.